The molecular weight excluding hydrogens is 290 g/mol. The molecule has 1 fully saturated rings. The van der Waals surface area contributed by atoms with Crippen LogP contribution in [0.3, 0.4) is 0 Å². The summed E-state index contributed by atoms with van der Waals surface area (Å²) in [6, 6.07) is 9.06. The van der Waals surface area contributed by atoms with E-state index in [1.54, 1.807) is 23.0 Å². The molecule has 1 aliphatic heterocycles. The maximum atomic E-state index is 12.5. The Hall–Kier alpha value is -2.43. The summed E-state index contributed by atoms with van der Waals surface area (Å²) in [5.74, 6) is 0.482. The molecule has 1 aliphatic rings. The van der Waals surface area contributed by atoms with Crippen molar-refractivity contribution in [2.75, 3.05) is 13.1 Å². The molecule has 2 aromatic heterocycles. The van der Waals surface area contributed by atoms with Crippen LogP contribution in [0, 0.1) is 0 Å². The lowest BCUT2D eigenvalue weighted by atomic mass is 9.91. The Morgan fingerprint density at radius 1 is 1.26 bits per heavy atom. The van der Waals surface area contributed by atoms with Crippen LogP contribution in [-0.2, 0) is 11.3 Å². The van der Waals surface area contributed by atoms with E-state index in [9.17, 15) is 9.59 Å². The molecule has 0 radical (unpaired) electrons. The molecule has 1 amide bonds. The van der Waals surface area contributed by atoms with Crippen LogP contribution >= 0.6 is 0 Å². The summed E-state index contributed by atoms with van der Waals surface area (Å²) in [6.45, 7) is 1.99. The lowest BCUT2D eigenvalue weighted by Crippen LogP contribution is -2.39. The number of hydrogen-bond acceptors (Lipinski definition) is 3. The molecule has 0 N–H and O–H groups in total. The summed E-state index contributed by atoms with van der Waals surface area (Å²) in [4.78, 5) is 30.2. The van der Waals surface area contributed by atoms with E-state index in [4.69, 9.17) is 0 Å². The van der Waals surface area contributed by atoms with Gasteiger partial charge in [0.25, 0.3) is 5.56 Å². The predicted octanol–water partition coefficient (Wildman–Crippen LogP) is 2.04. The number of carbonyl (C=O) groups is 1. The summed E-state index contributed by atoms with van der Waals surface area (Å²) in [6.07, 6.45) is 7.85. The topological polar surface area (TPSA) is 55.2 Å². The molecule has 0 bridgehead atoms. The van der Waals surface area contributed by atoms with Crippen molar-refractivity contribution in [3.8, 4) is 0 Å². The van der Waals surface area contributed by atoms with Gasteiger partial charge in [-0.2, -0.15) is 0 Å². The van der Waals surface area contributed by atoms with E-state index in [1.807, 2.05) is 23.2 Å². The molecule has 120 valence electrons. The highest BCUT2D eigenvalue weighted by molar-refractivity contribution is 5.76. The number of aromatic nitrogens is 2. The monoisotopic (exact) mass is 311 g/mol. The Kier molecular flexibility index (Phi) is 4.86. The molecule has 5 nitrogen and oxygen atoms in total. The summed E-state index contributed by atoms with van der Waals surface area (Å²) < 4.78 is 1.58. The first-order valence-corrected chi connectivity index (χ1v) is 8.07. The van der Waals surface area contributed by atoms with E-state index < -0.39 is 0 Å². The number of carbonyl (C=O) groups excluding carboxylic acids is 1. The van der Waals surface area contributed by atoms with Crippen LogP contribution in [0.5, 0.6) is 0 Å². The molecule has 0 aliphatic carbocycles. The fourth-order valence-electron chi connectivity index (χ4n) is 3.11. The van der Waals surface area contributed by atoms with Gasteiger partial charge in [-0.3, -0.25) is 14.6 Å². The van der Waals surface area contributed by atoms with Crippen LogP contribution in [0.1, 0.15) is 30.7 Å². The fourth-order valence-corrected chi connectivity index (χ4v) is 3.11. The van der Waals surface area contributed by atoms with Gasteiger partial charge in [-0.15, -0.1) is 0 Å². The smallest absolute Gasteiger partial charge is 0.250 e. The van der Waals surface area contributed by atoms with Crippen molar-refractivity contribution < 1.29 is 4.79 Å². The van der Waals surface area contributed by atoms with E-state index in [0.29, 0.717) is 18.9 Å². The maximum absolute atomic E-state index is 12.5. The molecular formula is C18H21N3O2. The van der Waals surface area contributed by atoms with E-state index in [1.165, 1.54) is 11.6 Å². The molecule has 1 saturated heterocycles. The second kappa shape index (κ2) is 7.22. The first kappa shape index (κ1) is 15.5. The molecule has 23 heavy (non-hydrogen) atoms. The van der Waals surface area contributed by atoms with Crippen LogP contribution in [-0.4, -0.2) is 33.4 Å². The predicted molar refractivity (Wildman–Crippen MR) is 88.1 cm³/mol. The molecule has 0 spiro atoms. The van der Waals surface area contributed by atoms with Crippen molar-refractivity contribution >= 4 is 5.91 Å². The van der Waals surface area contributed by atoms with Crippen LogP contribution in [0.4, 0.5) is 0 Å². The van der Waals surface area contributed by atoms with Crippen LogP contribution < -0.4 is 5.56 Å². The van der Waals surface area contributed by atoms with Gasteiger partial charge in [0.1, 0.15) is 0 Å². The molecule has 1 atom stereocenters. The third-order valence-corrected chi connectivity index (χ3v) is 4.40. The highest BCUT2D eigenvalue weighted by atomic mass is 16.2. The summed E-state index contributed by atoms with van der Waals surface area (Å²) in [5, 5.41) is 0. The zero-order valence-electron chi connectivity index (χ0n) is 13.1. The normalized spacial score (nSPS) is 17.9. The van der Waals surface area contributed by atoms with E-state index in [0.717, 1.165) is 25.9 Å². The zero-order chi connectivity index (χ0) is 16.1. The van der Waals surface area contributed by atoms with Gasteiger partial charge in [-0.05, 0) is 30.5 Å². The second-order valence-electron chi connectivity index (χ2n) is 5.95. The van der Waals surface area contributed by atoms with Gasteiger partial charge in [0.05, 0.1) is 0 Å². The molecule has 3 rings (SSSR count). The fraction of sp³-hybridized carbons (Fsp3) is 0.389. The van der Waals surface area contributed by atoms with Crippen LogP contribution in [0.15, 0.2) is 53.7 Å². The standard InChI is InChI=1S/C18H21N3O2/c22-17-7-1-2-10-20(17)12-8-18(23)21-11-4-6-16(14-21)15-5-3-9-19-13-15/h1-3,5,7,9-10,13,16H,4,6,8,11-12,14H2. The Morgan fingerprint density at radius 3 is 2.96 bits per heavy atom. The molecule has 2 aromatic rings. The van der Waals surface area contributed by atoms with Crippen LogP contribution in [0.2, 0.25) is 0 Å². The number of hydrogen-bond donors (Lipinski definition) is 0. The quantitative estimate of drug-likeness (QED) is 0.868. The minimum atomic E-state index is -0.0628. The van der Waals surface area contributed by atoms with E-state index >= 15 is 0 Å². The largest absolute Gasteiger partial charge is 0.342 e. The number of piperidine rings is 1. The highest BCUT2D eigenvalue weighted by Gasteiger charge is 2.24. The first-order valence-electron chi connectivity index (χ1n) is 8.07. The average Bonchev–Trinajstić information content (AvgIpc) is 2.62. The van der Waals surface area contributed by atoms with Crippen molar-refractivity contribution in [1.29, 1.82) is 0 Å². The van der Waals surface area contributed by atoms with E-state index in [-0.39, 0.29) is 11.5 Å². The number of nitrogens with zero attached hydrogens (tertiary/aromatic N) is 3. The van der Waals surface area contributed by atoms with Gasteiger partial charge in [0.15, 0.2) is 0 Å². The lowest BCUT2D eigenvalue weighted by Gasteiger charge is -2.33. The average molecular weight is 311 g/mol. The van der Waals surface area contributed by atoms with Gasteiger partial charge in [-0.1, -0.05) is 12.1 Å². The lowest BCUT2D eigenvalue weighted by molar-refractivity contribution is -0.132. The summed E-state index contributed by atoms with van der Waals surface area (Å²) >= 11 is 0. The van der Waals surface area contributed by atoms with E-state index in [2.05, 4.69) is 11.1 Å². The van der Waals surface area contributed by atoms with Gasteiger partial charge < -0.3 is 9.47 Å². The van der Waals surface area contributed by atoms with Gasteiger partial charge in [-0.25, -0.2) is 0 Å². The van der Waals surface area contributed by atoms with Gasteiger partial charge in [0, 0.05) is 56.6 Å². The van der Waals surface area contributed by atoms with Gasteiger partial charge in [0.2, 0.25) is 5.91 Å². The summed E-state index contributed by atoms with van der Waals surface area (Å²) in [7, 11) is 0. The minimum absolute atomic E-state index is 0.0628. The SMILES string of the molecule is O=C(CCn1ccccc1=O)N1CCCC(c2cccnc2)C1. The minimum Gasteiger partial charge on any atom is -0.342 e. The summed E-state index contributed by atoms with van der Waals surface area (Å²) in [5.41, 5.74) is 1.14. The Labute approximate surface area is 135 Å². The van der Waals surface area contributed by atoms with Crippen molar-refractivity contribution in [3.63, 3.8) is 0 Å². The van der Waals surface area contributed by atoms with Gasteiger partial charge >= 0.3 is 0 Å². The number of likely N-dealkylation sites (tertiary alicyclic amines) is 1. The third-order valence-electron chi connectivity index (χ3n) is 4.40. The molecule has 5 heteroatoms. The number of amides is 1. The van der Waals surface area contributed by atoms with Crippen LogP contribution in [0.25, 0.3) is 0 Å². The number of pyridine rings is 2. The van der Waals surface area contributed by atoms with Crippen molar-refractivity contribution in [3.05, 3.63) is 64.8 Å². The van der Waals surface area contributed by atoms with Crippen molar-refractivity contribution in [2.45, 2.75) is 31.7 Å². The number of aryl methyl sites for hydroxylation is 1. The molecule has 0 saturated carbocycles. The zero-order valence-corrected chi connectivity index (χ0v) is 13.1. The van der Waals surface area contributed by atoms with Crippen molar-refractivity contribution in [1.82, 2.24) is 14.5 Å². The van der Waals surface area contributed by atoms with Crippen molar-refractivity contribution in [2.24, 2.45) is 0 Å². The Bertz CT molecular complexity index is 711. The highest BCUT2D eigenvalue weighted by Crippen LogP contribution is 2.26. The molecule has 0 aromatic carbocycles. The molecule has 1 unspecified atom stereocenters. The first-order chi connectivity index (χ1) is 11.2. The third kappa shape index (κ3) is 3.86. The second-order valence-corrected chi connectivity index (χ2v) is 5.95. The Balaban J connectivity index is 1.59. The molecule has 3 heterocycles. The Morgan fingerprint density at radius 2 is 2.17 bits per heavy atom. The number of rotatable bonds is 4. The maximum Gasteiger partial charge on any atom is 0.250 e.